The Hall–Kier alpha value is -2.19. The summed E-state index contributed by atoms with van der Waals surface area (Å²) >= 11 is 1.72. The van der Waals surface area contributed by atoms with Gasteiger partial charge in [-0.15, -0.1) is 11.3 Å². The predicted octanol–water partition coefficient (Wildman–Crippen LogP) is 4.75. The van der Waals surface area contributed by atoms with Gasteiger partial charge >= 0.3 is 0 Å². The van der Waals surface area contributed by atoms with E-state index in [2.05, 4.69) is 34.7 Å². The number of aromatic amines is 1. The second kappa shape index (κ2) is 7.00. The van der Waals surface area contributed by atoms with Crippen LogP contribution >= 0.6 is 11.3 Å². The minimum absolute atomic E-state index is 0.156. The highest BCUT2D eigenvalue weighted by Gasteiger charge is 2.31. The summed E-state index contributed by atoms with van der Waals surface area (Å²) in [4.78, 5) is 12.0. The second-order valence-electron chi connectivity index (χ2n) is 8.40. The molecular weight excluding hydrogens is 372 g/mol. The van der Waals surface area contributed by atoms with Crippen LogP contribution in [0.2, 0.25) is 0 Å². The summed E-state index contributed by atoms with van der Waals surface area (Å²) in [5.41, 5.74) is 2.05. The number of anilines is 3. The standard InChI is InChI=1S/C20H26N6OS/c1-20(2)8-14-15(11-27-20)28-18-16(14)17(23-12-6-4-3-5-7-12)25-19(26-18)24-13-9-21-22-10-13/h9-10,12H,3-8,11H2,1-2H3,(H,21,22)(H2,23,24,25,26). The summed E-state index contributed by atoms with van der Waals surface area (Å²) in [6.45, 7) is 4.96. The van der Waals surface area contributed by atoms with E-state index >= 15 is 0 Å². The highest BCUT2D eigenvalue weighted by molar-refractivity contribution is 7.19. The number of ether oxygens (including phenoxy) is 1. The van der Waals surface area contributed by atoms with E-state index in [1.165, 1.54) is 47.9 Å². The molecule has 0 spiro atoms. The molecule has 148 valence electrons. The number of hydrogen-bond acceptors (Lipinski definition) is 7. The average Bonchev–Trinajstić information content (AvgIpc) is 3.29. The van der Waals surface area contributed by atoms with Gasteiger partial charge in [0.15, 0.2) is 0 Å². The number of nitrogens with one attached hydrogen (secondary N) is 3. The Labute approximate surface area is 168 Å². The fraction of sp³-hybridized carbons (Fsp3) is 0.550. The Balaban J connectivity index is 1.58. The van der Waals surface area contributed by atoms with Crippen molar-refractivity contribution < 1.29 is 4.74 Å². The lowest BCUT2D eigenvalue weighted by Gasteiger charge is -2.30. The fourth-order valence-electron chi connectivity index (χ4n) is 4.19. The van der Waals surface area contributed by atoms with Crippen molar-refractivity contribution in [3.8, 4) is 0 Å². The van der Waals surface area contributed by atoms with E-state index in [-0.39, 0.29) is 5.60 Å². The van der Waals surface area contributed by atoms with Crippen LogP contribution in [0, 0.1) is 0 Å². The van der Waals surface area contributed by atoms with Crippen LogP contribution in [0.3, 0.4) is 0 Å². The molecule has 0 saturated heterocycles. The topological polar surface area (TPSA) is 87.8 Å². The van der Waals surface area contributed by atoms with Gasteiger partial charge in [0.2, 0.25) is 5.95 Å². The molecule has 0 unspecified atom stereocenters. The van der Waals surface area contributed by atoms with Gasteiger partial charge in [-0.3, -0.25) is 5.10 Å². The molecular formula is C20H26N6OS. The summed E-state index contributed by atoms with van der Waals surface area (Å²) in [6, 6.07) is 0.483. The third-order valence-electron chi connectivity index (χ3n) is 5.63. The van der Waals surface area contributed by atoms with Crippen molar-refractivity contribution in [2.24, 2.45) is 0 Å². The maximum atomic E-state index is 6.04. The third kappa shape index (κ3) is 3.46. The van der Waals surface area contributed by atoms with E-state index in [1.807, 2.05) is 0 Å². The molecule has 4 heterocycles. The summed E-state index contributed by atoms with van der Waals surface area (Å²) in [6.07, 6.45) is 10.7. The van der Waals surface area contributed by atoms with Gasteiger partial charge in [0.25, 0.3) is 0 Å². The summed E-state index contributed by atoms with van der Waals surface area (Å²) in [7, 11) is 0. The minimum atomic E-state index is -0.156. The normalized spacial score (nSPS) is 19.5. The average molecular weight is 399 g/mol. The van der Waals surface area contributed by atoms with Gasteiger partial charge in [-0.1, -0.05) is 19.3 Å². The lowest BCUT2D eigenvalue weighted by atomic mass is 9.93. The number of hydrogen-bond donors (Lipinski definition) is 3. The lowest BCUT2D eigenvalue weighted by molar-refractivity contribution is -0.0379. The monoisotopic (exact) mass is 398 g/mol. The minimum Gasteiger partial charge on any atom is -0.370 e. The zero-order valence-corrected chi connectivity index (χ0v) is 17.2. The van der Waals surface area contributed by atoms with Crippen molar-refractivity contribution in [1.82, 2.24) is 20.2 Å². The first-order valence-electron chi connectivity index (χ1n) is 10.1. The molecule has 3 aromatic rings. The zero-order chi connectivity index (χ0) is 19.1. The second-order valence-corrected chi connectivity index (χ2v) is 9.48. The molecule has 0 bridgehead atoms. The number of aromatic nitrogens is 4. The fourth-order valence-corrected chi connectivity index (χ4v) is 5.30. The van der Waals surface area contributed by atoms with E-state index in [9.17, 15) is 0 Å². The SMILES string of the molecule is CC1(C)Cc2c(sc3nc(Nc4cn[nH]c4)nc(NC4CCCCC4)c23)CO1. The Kier molecular flexibility index (Phi) is 4.47. The zero-order valence-electron chi connectivity index (χ0n) is 16.3. The van der Waals surface area contributed by atoms with Gasteiger partial charge in [-0.25, -0.2) is 4.98 Å². The first-order chi connectivity index (χ1) is 13.6. The molecule has 0 aromatic carbocycles. The van der Waals surface area contributed by atoms with Crippen LogP contribution in [-0.2, 0) is 17.8 Å². The number of H-pyrrole nitrogens is 1. The van der Waals surface area contributed by atoms with Crippen LogP contribution in [0.5, 0.6) is 0 Å². The summed E-state index contributed by atoms with van der Waals surface area (Å²) < 4.78 is 6.04. The third-order valence-corrected chi connectivity index (χ3v) is 6.73. The summed E-state index contributed by atoms with van der Waals surface area (Å²) in [5.74, 6) is 1.56. The van der Waals surface area contributed by atoms with Crippen molar-refractivity contribution >= 4 is 39.0 Å². The van der Waals surface area contributed by atoms with Crippen molar-refractivity contribution in [3.05, 3.63) is 22.8 Å². The van der Waals surface area contributed by atoms with Gasteiger partial charge in [0.05, 0.1) is 29.5 Å². The van der Waals surface area contributed by atoms with E-state index < -0.39 is 0 Å². The Bertz CT molecular complexity index is 974. The maximum Gasteiger partial charge on any atom is 0.230 e. The van der Waals surface area contributed by atoms with Crippen molar-refractivity contribution in [3.63, 3.8) is 0 Å². The molecule has 8 heteroatoms. The molecule has 7 nitrogen and oxygen atoms in total. The number of nitrogens with zero attached hydrogens (tertiary/aromatic N) is 3. The van der Waals surface area contributed by atoms with Gasteiger partial charge in [-0.05, 0) is 32.3 Å². The van der Waals surface area contributed by atoms with Crippen LogP contribution in [0.4, 0.5) is 17.5 Å². The smallest absolute Gasteiger partial charge is 0.230 e. The molecule has 3 N–H and O–H groups in total. The molecule has 0 radical (unpaired) electrons. The van der Waals surface area contributed by atoms with E-state index in [1.54, 1.807) is 23.7 Å². The molecule has 1 saturated carbocycles. The van der Waals surface area contributed by atoms with Crippen molar-refractivity contribution in [2.45, 2.75) is 70.6 Å². The van der Waals surface area contributed by atoms with Crippen molar-refractivity contribution in [1.29, 1.82) is 0 Å². The number of rotatable bonds is 4. The van der Waals surface area contributed by atoms with Crippen LogP contribution in [-0.4, -0.2) is 31.8 Å². The molecule has 1 aliphatic carbocycles. The van der Waals surface area contributed by atoms with Crippen LogP contribution in [0.1, 0.15) is 56.4 Å². The Morgan fingerprint density at radius 3 is 2.86 bits per heavy atom. The molecule has 28 heavy (non-hydrogen) atoms. The van der Waals surface area contributed by atoms with Gasteiger partial charge in [0, 0.05) is 23.5 Å². The van der Waals surface area contributed by atoms with Crippen LogP contribution in [0.15, 0.2) is 12.4 Å². The van der Waals surface area contributed by atoms with Crippen LogP contribution < -0.4 is 10.6 Å². The largest absolute Gasteiger partial charge is 0.370 e. The van der Waals surface area contributed by atoms with Gasteiger partial charge in [0.1, 0.15) is 10.6 Å². The first kappa shape index (κ1) is 17.9. The molecule has 1 fully saturated rings. The molecule has 0 atom stereocenters. The molecule has 0 amide bonds. The molecule has 3 aromatic heterocycles. The van der Waals surface area contributed by atoms with E-state index in [0.29, 0.717) is 18.6 Å². The lowest BCUT2D eigenvalue weighted by Crippen LogP contribution is -2.31. The van der Waals surface area contributed by atoms with Crippen LogP contribution in [0.25, 0.3) is 10.2 Å². The van der Waals surface area contributed by atoms with E-state index in [4.69, 9.17) is 14.7 Å². The van der Waals surface area contributed by atoms with Gasteiger partial charge < -0.3 is 15.4 Å². The van der Waals surface area contributed by atoms with Crippen molar-refractivity contribution in [2.75, 3.05) is 10.6 Å². The molecule has 2 aliphatic rings. The highest BCUT2D eigenvalue weighted by Crippen LogP contribution is 2.42. The highest BCUT2D eigenvalue weighted by atomic mass is 32.1. The quantitative estimate of drug-likeness (QED) is 0.588. The maximum absolute atomic E-state index is 6.04. The Morgan fingerprint density at radius 2 is 2.07 bits per heavy atom. The Morgan fingerprint density at radius 1 is 1.21 bits per heavy atom. The van der Waals surface area contributed by atoms with Gasteiger partial charge in [-0.2, -0.15) is 10.1 Å². The van der Waals surface area contributed by atoms with E-state index in [0.717, 1.165) is 22.8 Å². The predicted molar refractivity (Wildman–Crippen MR) is 112 cm³/mol. The number of fused-ring (bicyclic) bond motifs is 3. The summed E-state index contributed by atoms with van der Waals surface area (Å²) in [5, 5.41) is 15.0. The number of thiophene rings is 1. The first-order valence-corrected chi connectivity index (χ1v) is 10.9. The molecule has 1 aliphatic heterocycles. The molecule has 5 rings (SSSR count).